The van der Waals surface area contributed by atoms with Gasteiger partial charge in [-0.05, 0) is 37.3 Å². The van der Waals surface area contributed by atoms with Crippen LogP contribution in [0.3, 0.4) is 0 Å². The molecule has 0 bridgehead atoms. The van der Waals surface area contributed by atoms with Gasteiger partial charge in [0.2, 0.25) is 0 Å². The molecule has 1 N–H and O–H groups in total. The Labute approximate surface area is 124 Å². The lowest BCUT2D eigenvalue weighted by Crippen LogP contribution is -2.31. The van der Waals surface area contributed by atoms with Gasteiger partial charge in [0, 0.05) is 13.6 Å². The summed E-state index contributed by atoms with van der Waals surface area (Å²) in [5.74, 6) is -0.469. The number of hydrogen-bond acceptors (Lipinski definition) is 3. The summed E-state index contributed by atoms with van der Waals surface area (Å²) < 4.78 is 40.2. The van der Waals surface area contributed by atoms with Crippen LogP contribution in [0.1, 0.15) is 6.92 Å². The zero-order chi connectivity index (χ0) is 15.5. The van der Waals surface area contributed by atoms with E-state index in [-0.39, 0.29) is 11.4 Å². The summed E-state index contributed by atoms with van der Waals surface area (Å²) in [5.41, 5.74) is 0.816. The number of rotatable bonds is 5. The van der Waals surface area contributed by atoms with Crippen LogP contribution in [0.5, 0.6) is 0 Å². The molecule has 4 nitrogen and oxygen atoms in total. The Morgan fingerprint density at radius 2 is 1.86 bits per heavy atom. The molecule has 0 saturated carbocycles. The lowest BCUT2D eigenvalue weighted by atomic mass is 10.3. The van der Waals surface area contributed by atoms with Gasteiger partial charge in [0.05, 0.1) is 11.4 Å². The van der Waals surface area contributed by atoms with E-state index in [4.69, 9.17) is 0 Å². The van der Waals surface area contributed by atoms with Crippen molar-refractivity contribution in [3.8, 4) is 0 Å². The third-order valence-electron chi connectivity index (χ3n) is 3.11. The fourth-order valence-electron chi connectivity index (χ4n) is 2.14. The summed E-state index contributed by atoms with van der Waals surface area (Å²) in [6.45, 7) is 1.92. The smallest absolute Gasteiger partial charge is 0.266 e. The van der Waals surface area contributed by atoms with Crippen LogP contribution in [-0.4, -0.2) is 22.0 Å². The molecule has 0 fully saturated rings. The Kier molecular flexibility index (Phi) is 4.47. The average molecular weight is 308 g/mol. The number of anilines is 2. The fraction of sp³-hybridized carbons (Fsp3) is 0.200. The second-order valence-corrected chi connectivity index (χ2v) is 6.23. The fourth-order valence-corrected chi connectivity index (χ4v) is 3.81. The number of benzene rings is 2. The summed E-state index contributed by atoms with van der Waals surface area (Å²) >= 11 is 0. The van der Waals surface area contributed by atoms with Crippen molar-refractivity contribution >= 4 is 21.4 Å². The number of nitrogens with zero attached hydrogens (tertiary/aromatic N) is 1. The van der Waals surface area contributed by atoms with Gasteiger partial charge in [0.1, 0.15) is 10.7 Å². The summed E-state index contributed by atoms with van der Waals surface area (Å²) in [5, 5.41) is 2.86. The Morgan fingerprint density at radius 3 is 2.48 bits per heavy atom. The van der Waals surface area contributed by atoms with Crippen molar-refractivity contribution < 1.29 is 12.8 Å². The SMILES string of the molecule is CCN(c1cccc(F)c1)S(=O)(=O)c1ccccc1NC. The molecule has 6 heteroatoms. The van der Waals surface area contributed by atoms with E-state index in [1.54, 1.807) is 38.2 Å². The first-order valence-corrected chi connectivity index (χ1v) is 7.99. The molecule has 0 spiro atoms. The summed E-state index contributed by atoms with van der Waals surface area (Å²) in [6, 6.07) is 12.2. The molecule has 0 aromatic heterocycles. The van der Waals surface area contributed by atoms with Gasteiger partial charge >= 0.3 is 0 Å². The second kappa shape index (κ2) is 6.13. The molecule has 0 atom stereocenters. The minimum Gasteiger partial charge on any atom is -0.387 e. The van der Waals surface area contributed by atoms with E-state index in [1.807, 2.05) is 0 Å². The van der Waals surface area contributed by atoms with Crippen molar-refractivity contribution in [2.45, 2.75) is 11.8 Å². The largest absolute Gasteiger partial charge is 0.387 e. The maximum atomic E-state index is 13.4. The molecular formula is C15H17FN2O2S. The van der Waals surface area contributed by atoms with Gasteiger partial charge in [-0.1, -0.05) is 18.2 Å². The van der Waals surface area contributed by atoms with Crippen LogP contribution < -0.4 is 9.62 Å². The topological polar surface area (TPSA) is 49.4 Å². The average Bonchev–Trinajstić information content (AvgIpc) is 2.47. The third kappa shape index (κ3) is 3.00. The van der Waals surface area contributed by atoms with E-state index in [1.165, 1.54) is 28.6 Å². The first-order valence-electron chi connectivity index (χ1n) is 6.55. The number of sulfonamides is 1. The summed E-state index contributed by atoms with van der Waals surface area (Å²) in [7, 11) is -2.10. The van der Waals surface area contributed by atoms with E-state index < -0.39 is 15.8 Å². The molecule has 0 amide bonds. The van der Waals surface area contributed by atoms with E-state index in [9.17, 15) is 12.8 Å². The minimum atomic E-state index is -3.76. The maximum Gasteiger partial charge on any atom is 0.266 e. The van der Waals surface area contributed by atoms with Crippen molar-refractivity contribution in [2.75, 3.05) is 23.2 Å². The molecule has 0 aliphatic heterocycles. The van der Waals surface area contributed by atoms with Gasteiger partial charge in [-0.25, -0.2) is 12.8 Å². The van der Waals surface area contributed by atoms with E-state index in [0.29, 0.717) is 11.4 Å². The molecule has 0 heterocycles. The van der Waals surface area contributed by atoms with Crippen LogP contribution in [0.4, 0.5) is 15.8 Å². The van der Waals surface area contributed by atoms with Crippen LogP contribution in [0.2, 0.25) is 0 Å². The molecule has 0 radical (unpaired) electrons. The Morgan fingerprint density at radius 1 is 1.14 bits per heavy atom. The molecule has 112 valence electrons. The highest BCUT2D eigenvalue weighted by Crippen LogP contribution is 2.28. The van der Waals surface area contributed by atoms with Crippen LogP contribution in [0.25, 0.3) is 0 Å². The highest BCUT2D eigenvalue weighted by atomic mass is 32.2. The van der Waals surface area contributed by atoms with E-state index in [2.05, 4.69) is 5.32 Å². The van der Waals surface area contributed by atoms with Gasteiger partial charge in [0.25, 0.3) is 10.0 Å². The molecule has 21 heavy (non-hydrogen) atoms. The monoisotopic (exact) mass is 308 g/mol. The normalized spacial score (nSPS) is 11.2. The van der Waals surface area contributed by atoms with Crippen LogP contribution >= 0.6 is 0 Å². The van der Waals surface area contributed by atoms with Crippen molar-refractivity contribution in [1.82, 2.24) is 0 Å². The van der Waals surface area contributed by atoms with Gasteiger partial charge in [-0.15, -0.1) is 0 Å². The van der Waals surface area contributed by atoms with Gasteiger partial charge in [-0.2, -0.15) is 0 Å². The highest BCUT2D eigenvalue weighted by molar-refractivity contribution is 7.93. The molecular weight excluding hydrogens is 291 g/mol. The van der Waals surface area contributed by atoms with Crippen LogP contribution in [0, 0.1) is 5.82 Å². The number of hydrogen-bond donors (Lipinski definition) is 1. The number of nitrogens with one attached hydrogen (secondary N) is 1. The lowest BCUT2D eigenvalue weighted by Gasteiger charge is -2.24. The van der Waals surface area contributed by atoms with Gasteiger partial charge < -0.3 is 5.32 Å². The third-order valence-corrected chi connectivity index (χ3v) is 5.07. The van der Waals surface area contributed by atoms with Crippen molar-refractivity contribution in [3.63, 3.8) is 0 Å². The van der Waals surface area contributed by atoms with E-state index in [0.717, 1.165) is 0 Å². The van der Waals surface area contributed by atoms with E-state index >= 15 is 0 Å². The molecule has 2 aromatic rings. The second-order valence-electron chi connectivity index (χ2n) is 4.40. The van der Waals surface area contributed by atoms with Crippen molar-refractivity contribution in [1.29, 1.82) is 0 Å². The quantitative estimate of drug-likeness (QED) is 0.923. The molecule has 0 saturated heterocycles. The first-order chi connectivity index (χ1) is 10.0. The molecule has 2 rings (SSSR count). The van der Waals surface area contributed by atoms with Crippen molar-refractivity contribution in [3.05, 3.63) is 54.3 Å². The van der Waals surface area contributed by atoms with Gasteiger partial charge in [-0.3, -0.25) is 4.31 Å². The Bertz CT molecular complexity index is 732. The summed E-state index contributed by atoms with van der Waals surface area (Å²) in [4.78, 5) is 0.165. The molecule has 0 unspecified atom stereocenters. The first kappa shape index (κ1) is 15.3. The molecule has 0 aliphatic rings. The predicted octanol–water partition coefficient (Wildman–Crippen LogP) is 3.08. The Hall–Kier alpha value is -2.08. The van der Waals surface area contributed by atoms with Gasteiger partial charge in [0.15, 0.2) is 0 Å². The maximum absolute atomic E-state index is 13.4. The summed E-state index contributed by atoms with van der Waals surface area (Å²) in [6.07, 6.45) is 0. The molecule has 0 aliphatic carbocycles. The Balaban J connectivity index is 2.55. The highest BCUT2D eigenvalue weighted by Gasteiger charge is 2.26. The zero-order valence-electron chi connectivity index (χ0n) is 11.9. The molecule has 2 aromatic carbocycles. The number of halogens is 1. The lowest BCUT2D eigenvalue weighted by molar-refractivity contribution is 0.591. The van der Waals surface area contributed by atoms with Crippen LogP contribution in [-0.2, 0) is 10.0 Å². The standard InChI is InChI=1S/C15H17FN2O2S/c1-3-18(13-8-6-7-12(16)11-13)21(19,20)15-10-5-4-9-14(15)17-2/h4-11,17H,3H2,1-2H3. The number of para-hydroxylation sites is 1. The minimum absolute atomic E-state index is 0.165. The van der Waals surface area contributed by atoms with Crippen LogP contribution in [0.15, 0.2) is 53.4 Å². The predicted molar refractivity (Wildman–Crippen MR) is 82.6 cm³/mol. The van der Waals surface area contributed by atoms with Crippen molar-refractivity contribution in [2.24, 2.45) is 0 Å². The zero-order valence-corrected chi connectivity index (χ0v) is 12.7.